The first-order valence-electron chi connectivity index (χ1n) is 7.38. The molecule has 0 bridgehead atoms. The van der Waals surface area contributed by atoms with Crippen LogP contribution < -0.4 is 5.32 Å². The molecule has 1 aromatic rings. The lowest BCUT2D eigenvalue weighted by atomic mass is 9.85. The van der Waals surface area contributed by atoms with Gasteiger partial charge in [-0.05, 0) is 29.7 Å². The smallest absolute Gasteiger partial charge is 0.384 e. The van der Waals surface area contributed by atoms with Crippen LogP contribution in [0.5, 0.6) is 0 Å². The van der Waals surface area contributed by atoms with E-state index in [1.165, 1.54) is 18.9 Å². The van der Waals surface area contributed by atoms with E-state index in [1.807, 2.05) is 0 Å². The highest BCUT2D eigenvalue weighted by atomic mass is 19.4. The van der Waals surface area contributed by atoms with E-state index in [9.17, 15) is 13.2 Å². The Morgan fingerprint density at radius 2 is 2.05 bits per heavy atom. The summed E-state index contributed by atoms with van der Waals surface area (Å²) in [6.45, 7) is 5.06. The number of anilines is 1. The fourth-order valence-electron chi connectivity index (χ4n) is 2.96. The molecule has 2 atom stereocenters. The van der Waals surface area contributed by atoms with Crippen molar-refractivity contribution in [1.82, 2.24) is 0 Å². The zero-order chi connectivity index (χ0) is 14.8. The average Bonchev–Trinajstić information content (AvgIpc) is 2.80. The van der Waals surface area contributed by atoms with Gasteiger partial charge in [0, 0.05) is 18.2 Å². The van der Waals surface area contributed by atoms with Gasteiger partial charge in [-0.25, -0.2) is 0 Å². The normalized spacial score (nSPS) is 19.6. The Hall–Kier alpha value is -1.19. The zero-order valence-corrected chi connectivity index (χ0v) is 12.1. The van der Waals surface area contributed by atoms with E-state index in [-0.39, 0.29) is 5.92 Å². The third-order valence-corrected chi connectivity index (χ3v) is 4.24. The molecule has 1 heterocycles. The van der Waals surface area contributed by atoms with Crippen LogP contribution in [0.25, 0.3) is 0 Å². The van der Waals surface area contributed by atoms with E-state index >= 15 is 0 Å². The van der Waals surface area contributed by atoms with Gasteiger partial charge in [0.1, 0.15) is 0 Å². The monoisotopic (exact) mass is 285 g/mol. The summed E-state index contributed by atoms with van der Waals surface area (Å²) in [7, 11) is 0. The molecule has 1 N–H and O–H groups in total. The summed E-state index contributed by atoms with van der Waals surface area (Å²) >= 11 is 0. The molecule has 1 nitrogen and oxygen atoms in total. The van der Waals surface area contributed by atoms with Crippen LogP contribution >= 0.6 is 0 Å². The van der Waals surface area contributed by atoms with Gasteiger partial charge in [0.15, 0.2) is 0 Å². The molecule has 0 aliphatic carbocycles. The molecule has 0 saturated heterocycles. The first-order valence-corrected chi connectivity index (χ1v) is 7.38. The number of benzene rings is 1. The Morgan fingerprint density at radius 3 is 2.70 bits per heavy atom. The molecule has 1 aliphatic heterocycles. The lowest BCUT2D eigenvalue weighted by molar-refractivity contribution is -0.137. The predicted molar refractivity (Wildman–Crippen MR) is 76.0 cm³/mol. The second-order valence-electron chi connectivity index (χ2n) is 5.76. The molecule has 20 heavy (non-hydrogen) atoms. The van der Waals surface area contributed by atoms with Crippen molar-refractivity contribution in [2.45, 2.75) is 51.6 Å². The number of nitrogens with one attached hydrogen (secondary N) is 1. The van der Waals surface area contributed by atoms with Crippen LogP contribution in [0.1, 0.15) is 56.6 Å². The molecule has 1 aliphatic rings. The summed E-state index contributed by atoms with van der Waals surface area (Å²) in [4.78, 5) is 0. The van der Waals surface area contributed by atoms with Crippen molar-refractivity contribution in [3.05, 3.63) is 29.3 Å². The fourth-order valence-corrected chi connectivity index (χ4v) is 2.96. The van der Waals surface area contributed by atoms with Crippen molar-refractivity contribution in [1.29, 1.82) is 0 Å². The minimum atomic E-state index is -4.26. The van der Waals surface area contributed by atoms with Gasteiger partial charge in [0.05, 0.1) is 5.56 Å². The topological polar surface area (TPSA) is 12.0 Å². The van der Waals surface area contributed by atoms with E-state index in [0.29, 0.717) is 5.92 Å². The van der Waals surface area contributed by atoms with Gasteiger partial charge in [-0.3, -0.25) is 0 Å². The van der Waals surface area contributed by atoms with E-state index in [1.54, 1.807) is 6.07 Å². The summed E-state index contributed by atoms with van der Waals surface area (Å²) in [5.74, 6) is 0.614. The number of unbranched alkanes of at least 4 members (excludes halogenated alkanes) is 2. The molecule has 0 saturated carbocycles. The van der Waals surface area contributed by atoms with E-state index in [4.69, 9.17) is 0 Å². The Bertz CT molecular complexity index is 454. The van der Waals surface area contributed by atoms with Crippen LogP contribution in [0.15, 0.2) is 18.2 Å². The summed E-state index contributed by atoms with van der Waals surface area (Å²) < 4.78 is 38.4. The van der Waals surface area contributed by atoms with Crippen molar-refractivity contribution in [2.75, 3.05) is 11.9 Å². The quantitative estimate of drug-likeness (QED) is 0.711. The zero-order valence-electron chi connectivity index (χ0n) is 12.1. The maximum absolute atomic E-state index is 12.8. The average molecular weight is 285 g/mol. The second kappa shape index (κ2) is 6.06. The van der Waals surface area contributed by atoms with Crippen molar-refractivity contribution >= 4 is 5.69 Å². The summed E-state index contributed by atoms with van der Waals surface area (Å²) in [5.41, 5.74) is 1.17. The van der Waals surface area contributed by atoms with Gasteiger partial charge in [-0.15, -0.1) is 0 Å². The molecular weight excluding hydrogens is 263 g/mol. The maximum atomic E-state index is 12.8. The first kappa shape index (κ1) is 15.2. The summed E-state index contributed by atoms with van der Waals surface area (Å²) in [6, 6.07) is 4.06. The fraction of sp³-hybridized carbons (Fsp3) is 0.625. The van der Waals surface area contributed by atoms with Crippen molar-refractivity contribution in [2.24, 2.45) is 5.92 Å². The molecule has 112 valence electrons. The Balaban J connectivity index is 2.14. The third-order valence-electron chi connectivity index (χ3n) is 4.24. The Kier molecular flexibility index (Phi) is 4.61. The van der Waals surface area contributed by atoms with Crippen LogP contribution in [0.2, 0.25) is 0 Å². The van der Waals surface area contributed by atoms with Gasteiger partial charge in [-0.2, -0.15) is 13.2 Å². The largest absolute Gasteiger partial charge is 0.416 e. The first-order chi connectivity index (χ1) is 9.43. The molecule has 0 amide bonds. The maximum Gasteiger partial charge on any atom is 0.416 e. The predicted octanol–water partition coefficient (Wildman–Crippen LogP) is 5.43. The van der Waals surface area contributed by atoms with Crippen LogP contribution in [-0.4, -0.2) is 6.54 Å². The van der Waals surface area contributed by atoms with Crippen LogP contribution in [-0.2, 0) is 6.18 Å². The minimum Gasteiger partial charge on any atom is -0.384 e. The standard InChI is InChI=1S/C16H22F3N/c1-3-4-5-6-11(2)14-10-20-15-8-7-12(9-13(14)15)16(17,18)19/h7-9,11,14,20H,3-6,10H2,1-2H3. The van der Waals surface area contributed by atoms with E-state index in [0.717, 1.165) is 36.7 Å². The Morgan fingerprint density at radius 1 is 1.30 bits per heavy atom. The van der Waals surface area contributed by atoms with Gasteiger partial charge in [-0.1, -0.05) is 39.5 Å². The molecule has 0 fully saturated rings. The van der Waals surface area contributed by atoms with Crippen LogP contribution in [0.3, 0.4) is 0 Å². The molecule has 0 radical (unpaired) electrons. The van der Waals surface area contributed by atoms with E-state index in [2.05, 4.69) is 19.2 Å². The van der Waals surface area contributed by atoms with Crippen LogP contribution in [0, 0.1) is 5.92 Å². The third kappa shape index (κ3) is 3.28. The lowest BCUT2D eigenvalue weighted by Crippen LogP contribution is -2.13. The van der Waals surface area contributed by atoms with Crippen LogP contribution in [0.4, 0.5) is 18.9 Å². The van der Waals surface area contributed by atoms with Crippen molar-refractivity contribution in [3.8, 4) is 0 Å². The van der Waals surface area contributed by atoms with E-state index < -0.39 is 11.7 Å². The second-order valence-corrected chi connectivity index (χ2v) is 5.76. The van der Waals surface area contributed by atoms with Crippen molar-refractivity contribution in [3.63, 3.8) is 0 Å². The van der Waals surface area contributed by atoms with Gasteiger partial charge >= 0.3 is 6.18 Å². The number of alkyl halides is 3. The number of hydrogen-bond donors (Lipinski definition) is 1. The number of halogens is 3. The summed E-state index contributed by atoms with van der Waals surface area (Å²) in [6.07, 6.45) is 0.344. The highest BCUT2D eigenvalue weighted by molar-refractivity contribution is 5.59. The van der Waals surface area contributed by atoms with Gasteiger partial charge in [0.2, 0.25) is 0 Å². The molecule has 2 rings (SSSR count). The molecule has 2 unspecified atom stereocenters. The molecular formula is C16H22F3N. The number of hydrogen-bond acceptors (Lipinski definition) is 1. The molecule has 0 aromatic heterocycles. The minimum absolute atomic E-state index is 0.198. The van der Waals surface area contributed by atoms with Gasteiger partial charge in [0.25, 0.3) is 0 Å². The highest BCUT2D eigenvalue weighted by Gasteiger charge is 2.34. The molecule has 0 spiro atoms. The molecule has 1 aromatic carbocycles. The Labute approximate surface area is 118 Å². The highest BCUT2D eigenvalue weighted by Crippen LogP contribution is 2.41. The van der Waals surface area contributed by atoms with Gasteiger partial charge < -0.3 is 5.32 Å². The lowest BCUT2D eigenvalue weighted by Gasteiger charge is -2.20. The SMILES string of the molecule is CCCCCC(C)C1CNc2ccc(C(F)(F)F)cc21. The van der Waals surface area contributed by atoms with Crippen molar-refractivity contribution < 1.29 is 13.2 Å². The molecule has 4 heteroatoms. The number of fused-ring (bicyclic) bond motifs is 1. The number of rotatable bonds is 5. The summed E-state index contributed by atoms with van der Waals surface area (Å²) in [5, 5.41) is 3.23.